The highest BCUT2D eigenvalue weighted by atomic mass is 32.2. The zero-order valence-electron chi connectivity index (χ0n) is 12.6. The largest absolute Gasteiger partial charge is 0.250 e. The molecule has 3 rings (SSSR count). The summed E-state index contributed by atoms with van der Waals surface area (Å²) in [6, 6.07) is 12.0. The number of benzene rings is 2. The molecular weight excluding hydrogens is 332 g/mol. The van der Waals surface area contributed by atoms with Gasteiger partial charge < -0.3 is 0 Å². The Morgan fingerprint density at radius 3 is 1.75 bits per heavy atom. The third kappa shape index (κ3) is 3.29. The Morgan fingerprint density at radius 1 is 0.875 bits per heavy atom. The number of sulfonamides is 1. The Kier molecular flexibility index (Phi) is 4.34. The van der Waals surface area contributed by atoms with E-state index in [1.807, 2.05) is 0 Å². The summed E-state index contributed by atoms with van der Waals surface area (Å²) in [6.45, 7) is -0.538. The van der Waals surface area contributed by atoms with Crippen molar-refractivity contribution in [3.8, 4) is 0 Å². The molecule has 1 unspecified atom stereocenters. The fourth-order valence-electron chi connectivity index (χ4n) is 2.70. The summed E-state index contributed by atoms with van der Waals surface area (Å²) < 4.78 is 48.9. The quantitative estimate of drug-likeness (QED) is 0.920. The molecule has 0 saturated carbocycles. The van der Waals surface area contributed by atoms with Crippen LogP contribution in [-0.2, 0) is 10.0 Å². The van der Waals surface area contributed by atoms with E-state index in [0.717, 1.165) is 22.3 Å². The standard InChI is InChI=1S/C18H15F2NO2S/c19-11-12-9-17(13-1-5-15(20)6-2-13)18(10-12)14-3-7-16(8-4-14)24(21,22)23/h1-10,12H,11H2,(H2,21,22,23). The van der Waals surface area contributed by atoms with Gasteiger partial charge in [0.15, 0.2) is 0 Å². The monoisotopic (exact) mass is 347 g/mol. The minimum Gasteiger partial charge on any atom is -0.250 e. The van der Waals surface area contributed by atoms with Gasteiger partial charge in [-0.05, 0) is 46.5 Å². The Hall–Kier alpha value is -2.31. The number of halogens is 2. The minimum absolute atomic E-state index is 0.0131. The van der Waals surface area contributed by atoms with Gasteiger partial charge in [0.1, 0.15) is 5.82 Å². The van der Waals surface area contributed by atoms with E-state index in [-0.39, 0.29) is 16.6 Å². The van der Waals surface area contributed by atoms with Gasteiger partial charge in [0.05, 0.1) is 11.6 Å². The van der Waals surface area contributed by atoms with Crippen LogP contribution in [0.15, 0.2) is 65.6 Å². The van der Waals surface area contributed by atoms with Gasteiger partial charge in [-0.15, -0.1) is 0 Å². The van der Waals surface area contributed by atoms with Crippen LogP contribution in [0.4, 0.5) is 8.78 Å². The van der Waals surface area contributed by atoms with E-state index in [1.54, 1.807) is 36.4 Å². The highest BCUT2D eigenvalue weighted by Gasteiger charge is 2.20. The lowest BCUT2D eigenvalue weighted by Gasteiger charge is -2.10. The molecule has 124 valence electrons. The highest BCUT2D eigenvalue weighted by Crippen LogP contribution is 2.38. The van der Waals surface area contributed by atoms with Crippen molar-refractivity contribution < 1.29 is 17.2 Å². The molecule has 6 heteroatoms. The topological polar surface area (TPSA) is 60.2 Å². The molecule has 0 saturated heterocycles. The fraction of sp³-hybridized carbons (Fsp3) is 0.111. The lowest BCUT2D eigenvalue weighted by Crippen LogP contribution is -2.11. The van der Waals surface area contributed by atoms with Gasteiger partial charge in [-0.25, -0.2) is 17.9 Å². The van der Waals surface area contributed by atoms with Gasteiger partial charge in [0, 0.05) is 5.92 Å². The number of nitrogens with two attached hydrogens (primary N) is 1. The van der Waals surface area contributed by atoms with Crippen molar-refractivity contribution in [3.05, 3.63) is 77.6 Å². The van der Waals surface area contributed by atoms with E-state index in [9.17, 15) is 17.2 Å². The van der Waals surface area contributed by atoms with E-state index in [1.165, 1.54) is 24.3 Å². The average Bonchev–Trinajstić information content (AvgIpc) is 2.99. The van der Waals surface area contributed by atoms with Crippen molar-refractivity contribution in [2.75, 3.05) is 6.67 Å². The van der Waals surface area contributed by atoms with Crippen LogP contribution in [0.2, 0.25) is 0 Å². The predicted octanol–water partition coefficient (Wildman–Crippen LogP) is 3.54. The van der Waals surface area contributed by atoms with E-state index in [4.69, 9.17) is 5.14 Å². The van der Waals surface area contributed by atoms with E-state index in [0.29, 0.717) is 0 Å². The van der Waals surface area contributed by atoms with Crippen molar-refractivity contribution in [1.82, 2.24) is 0 Å². The first kappa shape index (κ1) is 16.5. The zero-order chi connectivity index (χ0) is 17.3. The third-order valence-electron chi connectivity index (χ3n) is 3.88. The second-order valence-corrected chi connectivity index (χ2v) is 7.12. The molecule has 2 aromatic rings. The third-order valence-corrected chi connectivity index (χ3v) is 4.81. The molecule has 3 nitrogen and oxygen atoms in total. The molecule has 0 aliphatic heterocycles. The van der Waals surface area contributed by atoms with E-state index >= 15 is 0 Å². The molecule has 1 aliphatic carbocycles. The molecule has 0 radical (unpaired) electrons. The number of alkyl halides is 1. The number of rotatable bonds is 4. The van der Waals surface area contributed by atoms with Crippen LogP contribution in [0.25, 0.3) is 11.1 Å². The molecule has 0 bridgehead atoms. The van der Waals surface area contributed by atoms with Crippen LogP contribution < -0.4 is 5.14 Å². The molecule has 0 spiro atoms. The molecule has 1 aliphatic rings. The Bertz CT molecular complexity index is 914. The van der Waals surface area contributed by atoms with Crippen LogP contribution in [-0.4, -0.2) is 15.1 Å². The number of allylic oxidation sites excluding steroid dienone is 4. The number of hydrogen-bond donors (Lipinski definition) is 1. The molecule has 24 heavy (non-hydrogen) atoms. The summed E-state index contributed by atoms with van der Waals surface area (Å²) >= 11 is 0. The molecule has 0 aromatic heterocycles. The average molecular weight is 347 g/mol. The van der Waals surface area contributed by atoms with Gasteiger partial charge in [-0.2, -0.15) is 0 Å². The van der Waals surface area contributed by atoms with Crippen LogP contribution in [0.3, 0.4) is 0 Å². The first-order valence-electron chi connectivity index (χ1n) is 7.27. The van der Waals surface area contributed by atoms with E-state index in [2.05, 4.69) is 0 Å². The SMILES string of the molecule is NS(=O)(=O)c1ccc(C2=CC(CF)C=C2c2ccc(F)cc2)cc1. The number of hydrogen-bond acceptors (Lipinski definition) is 2. The second kappa shape index (κ2) is 6.30. The maximum Gasteiger partial charge on any atom is 0.238 e. The summed E-state index contributed by atoms with van der Waals surface area (Å²) in [6.07, 6.45) is 3.57. The molecular formula is C18H15F2NO2S. The normalized spacial score (nSPS) is 17.5. The minimum atomic E-state index is -3.76. The lowest BCUT2D eigenvalue weighted by molar-refractivity contribution is 0.455. The van der Waals surface area contributed by atoms with E-state index < -0.39 is 16.7 Å². The molecule has 0 amide bonds. The Balaban J connectivity index is 2.01. The van der Waals surface area contributed by atoms with Crippen molar-refractivity contribution in [3.63, 3.8) is 0 Å². The molecule has 0 heterocycles. The fourth-order valence-corrected chi connectivity index (χ4v) is 3.22. The summed E-state index contributed by atoms with van der Waals surface area (Å²) in [5, 5.41) is 5.10. The summed E-state index contributed by atoms with van der Waals surface area (Å²) in [5.74, 6) is -0.708. The first-order chi connectivity index (χ1) is 11.4. The maximum atomic E-state index is 13.1. The highest BCUT2D eigenvalue weighted by molar-refractivity contribution is 7.89. The Morgan fingerprint density at radius 2 is 1.33 bits per heavy atom. The zero-order valence-corrected chi connectivity index (χ0v) is 13.4. The first-order valence-corrected chi connectivity index (χ1v) is 8.82. The van der Waals surface area contributed by atoms with Crippen molar-refractivity contribution in [2.45, 2.75) is 4.90 Å². The van der Waals surface area contributed by atoms with Gasteiger partial charge in [-0.1, -0.05) is 36.4 Å². The molecule has 0 fully saturated rings. The van der Waals surface area contributed by atoms with Gasteiger partial charge in [0.25, 0.3) is 0 Å². The van der Waals surface area contributed by atoms with Crippen molar-refractivity contribution in [1.29, 1.82) is 0 Å². The number of primary sulfonamides is 1. The van der Waals surface area contributed by atoms with Crippen molar-refractivity contribution >= 4 is 21.2 Å². The van der Waals surface area contributed by atoms with Gasteiger partial charge in [0.2, 0.25) is 10.0 Å². The van der Waals surface area contributed by atoms with Crippen LogP contribution in [0.1, 0.15) is 11.1 Å². The second-order valence-electron chi connectivity index (χ2n) is 5.56. The van der Waals surface area contributed by atoms with Crippen LogP contribution in [0, 0.1) is 11.7 Å². The molecule has 1 atom stereocenters. The van der Waals surface area contributed by atoms with Crippen LogP contribution in [0.5, 0.6) is 0 Å². The predicted molar refractivity (Wildman–Crippen MR) is 89.6 cm³/mol. The lowest BCUT2D eigenvalue weighted by atomic mass is 9.95. The van der Waals surface area contributed by atoms with Crippen molar-refractivity contribution in [2.24, 2.45) is 11.1 Å². The van der Waals surface area contributed by atoms with Crippen LogP contribution >= 0.6 is 0 Å². The smallest absolute Gasteiger partial charge is 0.238 e. The maximum absolute atomic E-state index is 13.1. The molecule has 2 N–H and O–H groups in total. The van der Waals surface area contributed by atoms with Gasteiger partial charge in [-0.3, -0.25) is 4.39 Å². The Labute approximate surface area is 139 Å². The van der Waals surface area contributed by atoms with Gasteiger partial charge >= 0.3 is 0 Å². The summed E-state index contributed by atoms with van der Waals surface area (Å²) in [4.78, 5) is 0.0131. The summed E-state index contributed by atoms with van der Waals surface area (Å²) in [7, 11) is -3.76. The summed E-state index contributed by atoms with van der Waals surface area (Å²) in [5.41, 5.74) is 3.09. The molecule has 2 aromatic carbocycles.